The van der Waals surface area contributed by atoms with Gasteiger partial charge in [-0.1, -0.05) is 17.7 Å². The van der Waals surface area contributed by atoms with Crippen LogP contribution in [-0.2, 0) is 0 Å². The molecule has 0 amide bonds. The number of hydrogen-bond donors (Lipinski definition) is 1. The van der Waals surface area contributed by atoms with Crippen molar-refractivity contribution in [2.24, 2.45) is 5.73 Å². The highest BCUT2D eigenvalue weighted by Gasteiger charge is 2.15. The molecule has 2 rings (SSSR count). The van der Waals surface area contributed by atoms with Gasteiger partial charge in [-0.15, -0.1) is 0 Å². The van der Waals surface area contributed by atoms with Crippen molar-refractivity contribution in [1.29, 1.82) is 0 Å². The molecule has 1 heterocycles. The van der Waals surface area contributed by atoms with Crippen molar-refractivity contribution in [3.8, 4) is 5.75 Å². The smallest absolute Gasteiger partial charge is 0.120 e. The van der Waals surface area contributed by atoms with Gasteiger partial charge in [-0.3, -0.25) is 4.90 Å². The summed E-state index contributed by atoms with van der Waals surface area (Å²) in [5.41, 5.74) is 5.86. The van der Waals surface area contributed by atoms with Gasteiger partial charge < -0.3 is 10.5 Å². The third kappa shape index (κ3) is 4.19. The van der Waals surface area contributed by atoms with Crippen LogP contribution >= 0.6 is 11.6 Å². The number of benzene rings is 1. The summed E-state index contributed by atoms with van der Waals surface area (Å²) in [6, 6.07) is 7.91. The van der Waals surface area contributed by atoms with Crippen molar-refractivity contribution >= 4 is 11.6 Å². The lowest BCUT2D eigenvalue weighted by Crippen LogP contribution is -2.41. The first-order valence-corrected chi connectivity index (χ1v) is 6.48. The van der Waals surface area contributed by atoms with Crippen LogP contribution in [0.4, 0.5) is 0 Å². The zero-order valence-electron chi connectivity index (χ0n) is 9.94. The van der Waals surface area contributed by atoms with Gasteiger partial charge in [0.25, 0.3) is 0 Å². The first kappa shape index (κ1) is 12.7. The Morgan fingerprint density at radius 2 is 2.12 bits per heavy atom. The monoisotopic (exact) mass is 254 g/mol. The summed E-state index contributed by atoms with van der Waals surface area (Å²) in [7, 11) is 0. The summed E-state index contributed by atoms with van der Waals surface area (Å²) < 4.78 is 5.66. The number of piperidine rings is 1. The Balaban J connectivity index is 1.69. The van der Waals surface area contributed by atoms with E-state index in [1.165, 1.54) is 0 Å². The van der Waals surface area contributed by atoms with E-state index in [-0.39, 0.29) is 0 Å². The minimum absolute atomic E-state index is 0.389. The van der Waals surface area contributed by atoms with E-state index in [1.807, 2.05) is 24.3 Å². The molecular weight excluding hydrogens is 236 g/mol. The largest absolute Gasteiger partial charge is 0.492 e. The second-order valence-electron chi connectivity index (χ2n) is 4.48. The van der Waals surface area contributed by atoms with Crippen LogP contribution < -0.4 is 10.5 Å². The number of nitrogens with zero attached hydrogens (tertiary/aromatic N) is 1. The van der Waals surface area contributed by atoms with E-state index < -0.39 is 0 Å². The van der Waals surface area contributed by atoms with Gasteiger partial charge in [0.15, 0.2) is 0 Å². The minimum atomic E-state index is 0.389. The second-order valence-corrected chi connectivity index (χ2v) is 4.92. The van der Waals surface area contributed by atoms with Gasteiger partial charge in [-0.25, -0.2) is 0 Å². The van der Waals surface area contributed by atoms with E-state index >= 15 is 0 Å². The quantitative estimate of drug-likeness (QED) is 0.895. The molecule has 94 valence electrons. The molecule has 0 saturated carbocycles. The molecule has 17 heavy (non-hydrogen) atoms. The van der Waals surface area contributed by atoms with E-state index in [4.69, 9.17) is 22.1 Å². The lowest BCUT2D eigenvalue weighted by molar-refractivity contribution is 0.174. The van der Waals surface area contributed by atoms with Crippen molar-refractivity contribution in [3.05, 3.63) is 29.3 Å². The summed E-state index contributed by atoms with van der Waals surface area (Å²) in [5, 5.41) is 0.714. The Hall–Kier alpha value is -0.770. The van der Waals surface area contributed by atoms with Crippen LogP contribution in [0.2, 0.25) is 5.02 Å². The van der Waals surface area contributed by atoms with Gasteiger partial charge in [0.1, 0.15) is 12.4 Å². The normalized spacial score (nSPS) is 18.2. The van der Waals surface area contributed by atoms with Crippen molar-refractivity contribution in [2.45, 2.75) is 18.9 Å². The number of hydrogen-bond acceptors (Lipinski definition) is 3. The average molecular weight is 255 g/mol. The van der Waals surface area contributed by atoms with Crippen LogP contribution in [0.15, 0.2) is 24.3 Å². The molecule has 0 unspecified atom stereocenters. The molecule has 0 radical (unpaired) electrons. The predicted molar refractivity (Wildman–Crippen MR) is 70.6 cm³/mol. The first-order valence-electron chi connectivity index (χ1n) is 6.10. The summed E-state index contributed by atoms with van der Waals surface area (Å²) >= 11 is 5.88. The lowest BCUT2D eigenvalue weighted by atomic mass is 10.1. The van der Waals surface area contributed by atoms with Crippen LogP contribution in [0, 0.1) is 0 Å². The highest BCUT2D eigenvalue weighted by Crippen LogP contribution is 2.17. The molecule has 3 nitrogen and oxygen atoms in total. The predicted octanol–water partition coefficient (Wildman–Crippen LogP) is 2.14. The van der Waals surface area contributed by atoms with Crippen LogP contribution in [0.1, 0.15) is 12.8 Å². The Bertz CT molecular complexity index is 351. The molecule has 0 aliphatic carbocycles. The standard InChI is InChI=1S/C13H19ClN2O/c14-11-2-1-3-13(10-11)17-9-8-16-6-4-12(15)5-7-16/h1-3,10,12H,4-9,15H2. The zero-order valence-corrected chi connectivity index (χ0v) is 10.7. The third-order valence-corrected chi connectivity index (χ3v) is 3.34. The Morgan fingerprint density at radius 1 is 1.35 bits per heavy atom. The third-order valence-electron chi connectivity index (χ3n) is 3.10. The maximum atomic E-state index is 5.88. The molecule has 0 spiro atoms. The average Bonchev–Trinajstić information content (AvgIpc) is 2.32. The second kappa shape index (κ2) is 6.24. The molecule has 1 saturated heterocycles. The zero-order chi connectivity index (χ0) is 12.1. The Morgan fingerprint density at radius 3 is 2.82 bits per heavy atom. The number of ether oxygens (including phenoxy) is 1. The van der Waals surface area contributed by atoms with Crippen molar-refractivity contribution in [3.63, 3.8) is 0 Å². The molecule has 0 aromatic heterocycles. The topological polar surface area (TPSA) is 38.5 Å². The van der Waals surface area contributed by atoms with Crippen molar-refractivity contribution < 1.29 is 4.74 Å². The van der Waals surface area contributed by atoms with Crippen LogP contribution in [0.3, 0.4) is 0 Å². The molecule has 2 N–H and O–H groups in total. The van der Waals surface area contributed by atoms with E-state index in [0.717, 1.165) is 38.2 Å². The number of halogens is 1. The fraction of sp³-hybridized carbons (Fsp3) is 0.538. The molecule has 1 aliphatic heterocycles. The summed E-state index contributed by atoms with van der Waals surface area (Å²) in [5.74, 6) is 0.839. The van der Waals surface area contributed by atoms with Crippen LogP contribution in [-0.4, -0.2) is 37.2 Å². The minimum Gasteiger partial charge on any atom is -0.492 e. The highest BCUT2D eigenvalue weighted by atomic mass is 35.5. The van der Waals surface area contributed by atoms with Gasteiger partial charge in [-0.05, 0) is 44.1 Å². The number of rotatable bonds is 4. The maximum Gasteiger partial charge on any atom is 0.120 e. The lowest BCUT2D eigenvalue weighted by Gasteiger charge is -2.29. The Kier molecular flexibility index (Phi) is 4.66. The van der Waals surface area contributed by atoms with Gasteiger partial charge in [0.05, 0.1) is 0 Å². The fourth-order valence-electron chi connectivity index (χ4n) is 2.03. The van der Waals surface area contributed by atoms with Gasteiger partial charge in [-0.2, -0.15) is 0 Å². The summed E-state index contributed by atoms with van der Waals surface area (Å²) in [4.78, 5) is 2.40. The van der Waals surface area contributed by atoms with E-state index in [1.54, 1.807) is 0 Å². The molecule has 1 fully saturated rings. The highest BCUT2D eigenvalue weighted by molar-refractivity contribution is 6.30. The summed E-state index contributed by atoms with van der Waals surface area (Å²) in [6.45, 7) is 3.83. The first-order chi connectivity index (χ1) is 8.24. The van der Waals surface area contributed by atoms with Crippen molar-refractivity contribution in [2.75, 3.05) is 26.2 Å². The van der Waals surface area contributed by atoms with Gasteiger partial charge >= 0.3 is 0 Å². The van der Waals surface area contributed by atoms with E-state index in [9.17, 15) is 0 Å². The maximum absolute atomic E-state index is 5.88. The van der Waals surface area contributed by atoms with Crippen LogP contribution in [0.5, 0.6) is 5.75 Å². The fourth-order valence-corrected chi connectivity index (χ4v) is 2.21. The van der Waals surface area contributed by atoms with Gasteiger partial charge in [0.2, 0.25) is 0 Å². The SMILES string of the molecule is NC1CCN(CCOc2cccc(Cl)c2)CC1. The summed E-state index contributed by atoms with van der Waals surface area (Å²) in [6.07, 6.45) is 2.19. The molecule has 4 heteroatoms. The molecule has 0 atom stereocenters. The molecule has 1 aromatic carbocycles. The van der Waals surface area contributed by atoms with Crippen molar-refractivity contribution in [1.82, 2.24) is 4.90 Å². The number of nitrogens with two attached hydrogens (primary N) is 1. The van der Waals surface area contributed by atoms with E-state index in [0.29, 0.717) is 17.7 Å². The molecular formula is C13H19ClN2O. The Labute approximate surface area is 107 Å². The van der Waals surface area contributed by atoms with Crippen LogP contribution in [0.25, 0.3) is 0 Å². The molecule has 1 aliphatic rings. The van der Waals surface area contributed by atoms with E-state index in [2.05, 4.69) is 4.90 Å². The van der Waals surface area contributed by atoms with Gasteiger partial charge in [0, 0.05) is 17.6 Å². The number of likely N-dealkylation sites (tertiary alicyclic amines) is 1. The molecule has 1 aromatic rings. The molecule has 0 bridgehead atoms.